The summed E-state index contributed by atoms with van der Waals surface area (Å²) in [5.41, 5.74) is 7.98. The number of hydrogen-bond donors (Lipinski definition) is 2. The Bertz CT molecular complexity index is 1610. The van der Waals surface area contributed by atoms with Crippen LogP contribution in [0, 0.1) is 11.7 Å². The predicted octanol–water partition coefficient (Wildman–Crippen LogP) is 4.43. The molecular formula is C28H29FN8O3. The van der Waals surface area contributed by atoms with Crippen LogP contribution in [0.4, 0.5) is 20.8 Å². The number of pyridine rings is 1. The molecule has 0 unspecified atom stereocenters. The topological polar surface area (TPSA) is 141 Å². The SMILES string of the molecule is CC(C)(C)OC(=O)N1C[C@@H]2C[C@H]1[C@@H](n1nc(-c3ccc(C(=O)Nc4cc(F)ccn4)cc3)c3c(N)ncnc31)C2. The number of hydrogen-bond acceptors (Lipinski definition) is 8. The summed E-state index contributed by atoms with van der Waals surface area (Å²) in [5.74, 6) is -0.165. The van der Waals surface area contributed by atoms with E-state index in [0.717, 1.165) is 24.5 Å². The molecule has 40 heavy (non-hydrogen) atoms. The second-order valence-electron chi connectivity index (χ2n) is 11.2. The van der Waals surface area contributed by atoms with E-state index in [4.69, 9.17) is 15.6 Å². The third-order valence-corrected chi connectivity index (χ3v) is 7.29. The van der Waals surface area contributed by atoms with E-state index >= 15 is 0 Å². The summed E-state index contributed by atoms with van der Waals surface area (Å²) >= 11 is 0. The molecule has 206 valence electrons. The number of anilines is 2. The number of halogens is 1. The second kappa shape index (κ2) is 9.54. The molecule has 2 aliphatic rings. The van der Waals surface area contributed by atoms with E-state index in [1.54, 1.807) is 24.3 Å². The van der Waals surface area contributed by atoms with Gasteiger partial charge in [-0.15, -0.1) is 0 Å². The van der Waals surface area contributed by atoms with Gasteiger partial charge in [0.25, 0.3) is 5.91 Å². The number of benzene rings is 1. The molecule has 2 bridgehead atoms. The van der Waals surface area contributed by atoms with Crippen molar-refractivity contribution in [1.82, 2.24) is 29.6 Å². The molecule has 1 saturated carbocycles. The molecule has 12 heteroatoms. The summed E-state index contributed by atoms with van der Waals surface area (Å²) in [6, 6.07) is 9.01. The number of likely N-dealkylation sites (tertiary alicyclic amines) is 1. The lowest BCUT2D eigenvalue weighted by molar-refractivity contribution is 0.0135. The lowest BCUT2D eigenvalue weighted by Gasteiger charge is -2.34. The molecule has 4 aromatic rings. The Kier molecular flexibility index (Phi) is 6.12. The van der Waals surface area contributed by atoms with Crippen molar-refractivity contribution >= 4 is 34.7 Å². The number of amides is 2. The van der Waals surface area contributed by atoms with Gasteiger partial charge >= 0.3 is 6.09 Å². The summed E-state index contributed by atoms with van der Waals surface area (Å²) < 4.78 is 21.0. The maximum Gasteiger partial charge on any atom is 0.410 e. The van der Waals surface area contributed by atoms with E-state index in [0.29, 0.717) is 34.8 Å². The van der Waals surface area contributed by atoms with Gasteiger partial charge in [0.1, 0.15) is 35.1 Å². The monoisotopic (exact) mass is 544 g/mol. The number of carbonyl (C=O) groups is 2. The molecular weight excluding hydrogens is 515 g/mol. The van der Waals surface area contributed by atoms with Crippen LogP contribution in [0.15, 0.2) is 48.9 Å². The van der Waals surface area contributed by atoms with Gasteiger partial charge < -0.3 is 20.7 Å². The number of rotatable bonds is 4. The fourth-order valence-electron chi connectivity index (χ4n) is 5.65. The van der Waals surface area contributed by atoms with Crippen molar-refractivity contribution < 1.29 is 18.7 Å². The molecule has 3 atom stereocenters. The smallest absolute Gasteiger partial charge is 0.410 e. The highest BCUT2D eigenvalue weighted by Crippen LogP contribution is 2.46. The van der Waals surface area contributed by atoms with Crippen LogP contribution in [0.1, 0.15) is 50.0 Å². The Balaban J connectivity index is 1.31. The van der Waals surface area contributed by atoms with Crippen molar-refractivity contribution in [2.45, 2.75) is 51.3 Å². The van der Waals surface area contributed by atoms with E-state index in [-0.39, 0.29) is 29.8 Å². The molecule has 3 aromatic heterocycles. The van der Waals surface area contributed by atoms with Gasteiger partial charge in [-0.05, 0) is 57.7 Å². The average molecular weight is 545 g/mol. The zero-order chi connectivity index (χ0) is 28.2. The van der Waals surface area contributed by atoms with Gasteiger partial charge in [-0.25, -0.2) is 28.8 Å². The van der Waals surface area contributed by atoms with Crippen molar-refractivity contribution in [2.75, 3.05) is 17.6 Å². The van der Waals surface area contributed by atoms with Gasteiger partial charge in [0.05, 0.1) is 17.5 Å². The summed E-state index contributed by atoms with van der Waals surface area (Å²) in [4.78, 5) is 40.1. The molecule has 6 rings (SSSR count). The van der Waals surface area contributed by atoms with Crippen LogP contribution >= 0.6 is 0 Å². The number of nitrogens with two attached hydrogens (primary N) is 1. The molecule has 11 nitrogen and oxygen atoms in total. The molecule has 4 heterocycles. The minimum absolute atomic E-state index is 0.0745. The Morgan fingerprint density at radius 3 is 2.52 bits per heavy atom. The summed E-state index contributed by atoms with van der Waals surface area (Å²) in [6.45, 7) is 6.23. The minimum atomic E-state index is -0.585. The standard InChI is InChI=1S/C28H29FN8O3/c1-28(2,3)40-27(39)36-13-15-10-19(36)20(11-15)37-25-22(24(30)32-14-33-25)23(35-37)16-4-6-17(7-5-16)26(38)34-21-12-18(29)8-9-31-21/h4-9,12,14-15,19-20H,10-11,13H2,1-3H3,(H2,30,32,33)(H,31,34,38)/t15-,19+,20+/m1/s1. The Morgan fingerprint density at radius 1 is 1.07 bits per heavy atom. The van der Waals surface area contributed by atoms with Crippen molar-refractivity contribution in [3.05, 3.63) is 60.3 Å². The third kappa shape index (κ3) is 4.69. The maximum absolute atomic E-state index is 13.5. The molecule has 1 saturated heterocycles. The fourth-order valence-corrected chi connectivity index (χ4v) is 5.65. The van der Waals surface area contributed by atoms with Gasteiger partial charge in [0.15, 0.2) is 5.65 Å². The van der Waals surface area contributed by atoms with E-state index < -0.39 is 17.3 Å². The first kappa shape index (κ1) is 25.7. The highest BCUT2D eigenvalue weighted by molar-refractivity contribution is 6.04. The molecule has 1 aliphatic carbocycles. The van der Waals surface area contributed by atoms with Gasteiger partial charge in [-0.3, -0.25) is 4.79 Å². The number of nitrogens with one attached hydrogen (secondary N) is 1. The Hall–Kier alpha value is -4.61. The number of nitrogen functional groups attached to an aromatic ring is 1. The molecule has 1 aromatic carbocycles. The van der Waals surface area contributed by atoms with Crippen molar-refractivity contribution in [1.29, 1.82) is 0 Å². The lowest BCUT2D eigenvalue weighted by atomic mass is 10.1. The van der Waals surface area contributed by atoms with Crippen LogP contribution in [0.25, 0.3) is 22.3 Å². The van der Waals surface area contributed by atoms with Crippen LogP contribution in [-0.4, -0.2) is 59.8 Å². The number of aromatic nitrogens is 5. The fraction of sp³-hybridized carbons (Fsp3) is 0.357. The number of piperidine rings is 1. The molecule has 2 fully saturated rings. The van der Waals surface area contributed by atoms with Crippen molar-refractivity contribution in [3.8, 4) is 11.3 Å². The number of ether oxygens (including phenoxy) is 1. The summed E-state index contributed by atoms with van der Waals surface area (Å²) in [5, 5.41) is 8.14. The van der Waals surface area contributed by atoms with E-state index in [1.165, 1.54) is 18.6 Å². The van der Waals surface area contributed by atoms with Crippen LogP contribution in [0.2, 0.25) is 0 Å². The Morgan fingerprint density at radius 2 is 1.82 bits per heavy atom. The minimum Gasteiger partial charge on any atom is -0.444 e. The predicted molar refractivity (Wildman–Crippen MR) is 146 cm³/mol. The molecule has 0 radical (unpaired) electrons. The highest BCUT2D eigenvalue weighted by Gasteiger charge is 2.49. The van der Waals surface area contributed by atoms with E-state index in [2.05, 4.69) is 20.3 Å². The van der Waals surface area contributed by atoms with E-state index in [9.17, 15) is 14.0 Å². The van der Waals surface area contributed by atoms with Crippen LogP contribution < -0.4 is 11.1 Å². The number of carbonyl (C=O) groups excluding carboxylic acids is 2. The maximum atomic E-state index is 13.5. The second-order valence-corrected chi connectivity index (χ2v) is 11.2. The van der Waals surface area contributed by atoms with Gasteiger partial charge in [0.2, 0.25) is 0 Å². The quantitative estimate of drug-likeness (QED) is 0.384. The number of nitrogens with zero attached hydrogens (tertiary/aromatic N) is 6. The van der Waals surface area contributed by atoms with Crippen LogP contribution in [0.5, 0.6) is 0 Å². The van der Waals surface area contributed by atoms with Crippen molar-refractivity contribution in [2.24, 2.45) is 5.92 Å². The first-order valence-electron chi connectivity index (χ1n) is 13.1. The highest BCUT2D eigenvalue weighted by atomic mass is 19.1. The first-order valence-corrected chi connectivity index (χ1v) is 13.1. The average Bonchev–Trinajstić information content (AvgIpc) is 3.61. The number of fused-ring (bicyclic) bond motifs is 3. The lowest BCUT2D eigenvalue weighted by Crippen LogP contribution is -2.45. The van der Waals surface area contributed by atoms with Crippen LogP contribution in [-0.2, 0) is 4.74 Å². The van der Waals surface area contributed by atoms with E-state index in [1.807, 2.05) is 30.4 Å². The normalized spacial score (nSPS) is 20.2. The molecule has 2 amide bonds. The Labute approximate surface area is 229 Å². The van der Waals surface area contributed by atoms with Gasteiger partial charge in [0, 0.05) is 29.9 Å². The molecule has 3 N–H and O–H groups in total. The van der Waals surface area contributed by atoms with Crippen LogP contribution in [0.3, 0.4) is 0 Å². The van der Waals surface area contributed by atoms with Gasteiger partial charge in [-0.1, -0.05) is 12.1 Å². The third-order valence-electron chi connectivity index (χ3n) is 7.29. The zero-order valence-electron chi connectivity index (χ0n) is 22.3. The molecule has 0 spiro atoms. The summed E-state index contributed by atoms with van der Waals surface area (Å²) in [7, 11) is 0. The molecule has 1 aliphatic heterocycles. The zero-order valence-corrected chi connectivity index (χ0v) is 22.3. The van der Waals surface area contributed by atoms with Crippen molar-refractivity contribution in [3.63, 3.8) is 0 Å². The largest absolute Gasteiger partial charge is 0.444 e. The van der Waals surface area contributed by atoms with Gasteiger partial charge in [-0.2, -0.15) is 5.10 Å². The summed E-state index contributed by atoms with van der Waals surface area (Å²) in [6.07, 6.45) is 4.09. The first-order chi connectivity index (χ1) is 19.1.